The molecule has 0 radical (unpaired) electrons. The third-order valence-corrected chi connectivity index (χ3v) is 7.35. The molecule has 0 aliphatic carbocycles. The highest BCUT2D eigenvalue weighted by molar-refractivity contribution is 7.18. The van der Waals surface area contributed by atoms with E-state index < -0.39 is 12.6 Å². The fourth-order valence-electron chi connectivity index (χ4n) is 4.76. The molecule has 2 fully saturated rings. The molecular weight excluding hydrogens is 413 g/mol. The zero-order chi connectivity index (χ0) is 21.1. The Morgan fingerprint density at radius 3 is 2.73 bits per heavy atom. The Bertz CT molecular complexity index is 1070. The topological polar surface area (TPSA) is 50.1 Å². The largest absolute Gasteiger partial charge is 0.393 e. The smallest absolute Gasteiger partial charge is 0.355 e. The zero-order valence-electron chi connectivity index (χ0n) is 16.9. The van der Waals surface area contributed by atoms with Gasteiger partial charge in [-0.05, 0) is 19.4 Å². The normalized spacial score (nSPS) is 20.2. The second-order valence-corrected chi connectivity index (χ2v) is 9.74. The molecule has 6 nitrogen and oxygen atoms in total. The van der Waals surface area contributed by atoms with Gasteiger partial charge in [-0.3, -0.25) is 9.58 Å². The molecule has 1 atom stereocenters. The molecule has 0 saturated carbocycles. The van der Waals surface area contributed by atoms with Gasteiger partial charge in [0, 0.05) is 61.3 Å². The Morgan fingerprint density at radius 1 is 1.23 bits per heavy atom. The number of hydrogen-bond donors (Lipinski definition) is 0. The van der Waals surface area contributed by atoms with Gasteiger partial charge in [0.25, 0.3) is 0 Å². The third-order valence-electron chi connectivity index (χ3n) is 6.30. The lowest BCUT2D eigenvalue weighted by atomic mass is 9.78. The van der Waals surface area contributed by atoms with Crippen molar-refractivity contribution in [2.45, 2.75) is 32.0 Å². The van der Waals surface area contributed by atoms with E-state index in [-0.39, 0.29) is 10.3 Å². The molecular formula is C20H23F3N6S. The molecule has 0 amide bonds. The lowest BCUT2D eigenvalue weighted by Crippen LogP contribution is -2.58. The molecule has 2 aliphatic heterocycles. The number of fused-ring (bicyclic) bond motifs is 1. The summed E-state index contributed by atoms with van der Waals surface area (Å²) in [5.41, 5.74) is 1.44. The molecule has 30 heavy (non-hydrogen) atoms. The van der Waals surface area contributed by atoms with Crippen molar-refractivity contribution in [1.29, 1.82) is 0 Å². The van der Waals surface area contributed by atoms with Crippen LogP contribution in [0.2, 0.25) is 0 Å². The van der Waals surface area contributed by atoms with Gasteiger partial charge in [-0.2, -0.15) is 18.3 Å². The maximum Gasteiger partial charge on any atom is 0.393 e. The lowest BCUT2D eigenvalue weighted by Gasteiger charge is -2.50. The van der Waals surface area contributed by atoms with Gasteiger partial charge in [0.05, 0.1) is 18.0 Å². The van der Waals surface area contributed by atoms with Crippen LogP contribution in [0.1, 0.15) is 29.8 Å². The summed E-state index contributed by atoms with van der Waals surface area (Å²) in [7, 11) is 1.93. The fourth-order valence-corrected chi connectivity index (χ4v) is 5.78. The number of aryl methyl sites for hydroxylation is 1. The van der Waals surface area contributed by atoms with E-state index in [4.69, 9.17) is 0 Å². The molecule has 0 N–H and O–H groups in total. The number of likely N-dealkylation sites (tertiary alicyclic amines) is 1. The second-order valence-electron chi connectivity index (χ2n) is 8.62. The summed E-state index contributed by atoms with van der Waals surface area (Å²) in [5.74, 6) is 0.764. The fraction of sp³-hybridized carbons (Fsp3) is 0.550. The van der Waals surface area contributed by atoms with Gasteiger partial charge in [0.15, 0.2) is 0 Å². The highest BCUT2D eigenvalue weighted by Crippen LogP contribution is 2.45. The Kier molecular flexibility index (Phi) is 4.55. The first-order chi connectivity index (χ1) is 14.2. The highest BCUT2D eigenvalue weighted by atomic mass is 32.1. The Morgan fingerprint density at radius 2 is 2.03 bits per heavy atom. The number of thiophene rings is 1. The summed E-state index contributed by atoms with van der Waals surface area (Å²) in [6.07, 6.45) is 1.38. The van der Waals surface area contributed by atoms with Crippen molar-refractivity contribution >= 4 is 27.4 Å². The van der Waals surface area contributed by atoms with Gasteiger partial charge in [-0.1, -0.05) is 0 Å². The number of anilines is 1. The number of alkyl halides is 3. The summed E-state index contributed by atoms with van der Waals surface area (Å²) < 4.78 is 40.2. The zero-order valence-corrected chi connectivity index (χ0v) is 17.7. The van der Waals surface area contributed by atoms with E-state index >= 15 is 0 Å². The third kappa shape index (κ3) is 3.56. The molecule has 3 aromatic heterocycles. The molecule has 160 valence electrons. The van der Waals surface area contributed by atoms with E-state index in [1.807, 2.05) is 17.9 Å². The van der Waals surface area contributed by atoms with Crippen LogP contribution in [0.25, 0.3) is 10.2 Å². The lowest BCUT2D eigenvalue weighted by molar-refractivity contribution is -0.126. The Labute approximate surface area is 176 Å². The summed E-state index contributed by atoms with van der Waals surface area (Å²) in [6.45, 7) is 5.97. The monoisotopic (exact) mass is 436 g/mol. The minimum atomic E-state index is -4.22. The predicted octanol–water partition coefficient (Wildman–Crippen LogP) is 3.80. The predicted molar refractivity (Wildman–Crippen MR) is 110 cm³/mol. The van der Waals surface area contributed by atoms with Crippen LogP contribution in [-0.2, 0) is 13.5 Å². The number of halogens is 3. The number of rotatable bonds is 4. The second kappa shape index (κ2) is 6.91. The van der Waals surface area contributed by atoms with Crippen LogP contribution in [0, 0.1) is 5.41 Å². The van der Waals surface area contributed by atoms with E-state index in [2.05, 4.69) is 38.0 Å². The van der Waals surface area contributed by atoms with E-state index in [1.165, 1.54) is 11.9 Å². The minimum absolute atomic E-state index is 0.221. The van der Waals surface area contributed by atoms with Crippen LogP contribution in [0.4, 0.5) is 19.0 Å². The molecule has 2 aliphatic rings. The van der Waals surface area contributed by atoms with Crippen molar-refractivity contribution < 1.29 is 13.2 Å². The standard InChI is InChI=1S/C20H23F3N6S/c1-13(14-7-26-27(2)8-14)29-10-19(11-29)3-4-28(9-19)17-16-5-15(6-20(21,22)23)30-18(16)25-12-24-17/h5,7-8,12-13H,3-4,6,9-11H2,1-2H3/t13-/m0/s1. The SMILES string of the molecule is C[C@@H](c1cnn(C)c1)N1CC2(CCN(c3ncnc4sc(CC(F)(F)F)cc34)C2)C1. The summed E-state index contributed by atoms with van der Waals surface area (Å²) >= 11 is 1.11. The quantitative estimate of drug-likeness (QED) is 0.623. The van der Waals surface area contributed by atoms with E-state index in [1.54, 1.807) is 6.07 Å². The molecule has 5 heterocycles. The van der Waals surface area contributed by atoms with Crippen molar-refractivity contribution in [3.63, 3.8) is 0 Å². The van der Waals surface area contributed by atoms with Crippen molar-refractivity contribution in [3.8, 4) is 0 Å². The average molecular weight is 437 g/mol. The highest BCUT2D eigenvalue weighted by Gasteiger charge is 2.49. The summed E-state index contributed by atoms with van der Waals surface area (Å²) in [6, 6.07) is 1.94. The summed E-state index contributed by atoms with van der Waals surface area (Å²) in [4.78, 5) is 14.2. The average Bonchev–Trinajstić information content (AvgIpc) is 3.35. The van der Waals surface area contributed by atoms with Gasteiger partial charge in [-0.15, -0.1) is 11.3 Å². The van der Waals surface area contributed by atoms with Crippen molar-refractivity contribution in [2.75, 3.05) is 31.1 Å². The van der Waals surface area contributed by atoms with Crippen LogP contribution >= 0.6 is 11.3 Å². The van der Waals surface area contributed by atoms with Crippen LogP contribution in [-0.4, -0.2) is 57.0 Å². The van der Waals surface area contributed by atoms with Gasteiger partial charge in [0.2, 0.25) is 0 Å². The van der Waals surface area contributed by atoms with Crippen LogP contribution < -0.4 is 4.90 Å². The number of hydrogen-bond acceptors (Lipinski definition) is 6. The number of aromatic nitrogens is 4. The van der Waals surface area contributed by atoms with Crippen LogP contribution in [0.5, 0.6) is 0 Å². The first-order valence-electron chi connectivity index (χ1n) is 9.99. The molecule has 2 saturated heterocycles. The van der Waals surface area contributed by atoms with Gasteiger partial charge in [0.1, 0.15) is 17.0 Å². The van der Waals surface area contributed by atoms with Gasteiger partial charge in [-0.25, -0.2) is 9.97 Å². The van der Waals surface area contributed by atoms with Crippen molar-refractivity contribution in [2.24, 2.45) is 12.5 Å². The first-order valence-corrected chi connectivity index (χ1v) is 10.8. The van der Waals surface area contributed by atoms with E-state index in [0.29, 0.717) is 10.9 Å². The van der Waals surface area contributed by atoms with Gasteiger partial charge >= 0.3 is 6.18 Å². The first kappa shape index (κ1) is 19.7. The molecule has 10 heteroatoms. The maximum absolute atomic E-state index is 12.8. The molecule has 1 spiro atoms. The summed E-state index contributed by atoms with van der Waals surface area (Å²) in [5, 5.41) is 5.01. The van der Waals surface area contributed by atoms with Gasteiger partial charge < -0.3 is 4.90 Å². The molecule has 5 rings (SSSR count). The Hall–Kier alpha value is -2.20. The number of nitrogens with zero attached hydrogens (tertiary/aromatic N) is 6. The van der Waals surface area contributed by atoms with Crippen LogP contribution in [0.15, 0.2) is 24.8 Å². The Balaban J connectivity index is 1.30. The van der Waals surface area contributed by atoms with E-state index in [0.717, 1.165) is 55.1 Å². The molecule has 0 unspecified atom stereocenters. The minimum Gasteiger partial charge on any atom is -0.355 e. The van der Waals surface area contributed by atoms with Crippen LogP contribution in [0.3, 0.4) is 0 Å². The molecule has 3 aromatic rings. The van der Waals surface area contributed by atoms with Crippen molar-refractivity contribution in [1.82, 2.24) is 24.6 Å². The molecule has 0 bridgehead atoms. The van der Waals surface area contributed by atoms with E-state index in [9.17, 15) is 13.2 Å². The van der Waals surface area contributed by atoms with Crippen molar-refractivity contribution in [3.05, 3.63) is 35.2 Å². The maximum atomic E-state index is 12.8. The molecule has 0 aromatic carbocycles.